The van der Waals surface area contributed by atoms with Gasteiger partial charge < -0.3 is 4.90 Å². The van der Waals surface area contributed by atoms with Crippen LogP contribution in [-0.2, 0) is 20.1 Å². The predicted molar refractivity (Wildman–Crippen MR) is 103 cm³/mol. The van der Waals surface area contributed by atoms with Crippen molar-refractivity contribution < 1.29 is 9.72 Å². The number of carbonyl (C=O) groups excluding carboxylic acids is 1. The van der Waals surface area contributed by atoms with Gasteiger partial charge in [-0.05, 0) is 37.6 Å². The number of nitro groups is 1. The Morgan fingerprint density at radius 2 is 1.89 bits per heavy atom. The first kappa shape index (κ1) is 19.3. The highest BCUT2D eigenvalue weighted by Gasteiger charge is 2.21. The third kappa shape index (κ3) is 3.78. The van der Waals surface area contributed by atoms with E-state index in [0.29, 0.717) is 30.0 Å². The fourth-order valence-corrected chi connectivity index (χ4v) is 3.12. The fraction of sp³-hybridized carbons (Fsp3) is 0.316. The molecular weight excluding hydrogens is 360 g/mol. The first-order valence-electron chi connectivity index (χ1n) is 8.77. The van der Waals surface area contributed by atoms with E-state index < -0.39 is 4.92 Å². The van der Waals surface area contributed by atoms with Crippen LogP contribution in [0.25, 0.3) is 0 Å². The van der Waals surface area contributed by atoms with E-state index in [4.69, 9.17) is 0 Å². The van der Waals surface area contributed by atoms with Gasteiger partial charge in [-0.25, -0.2) is 0 Å². The van der Waals surface area contributed by atoms with Crippen LogP contribution in [-0.4, -0.2) is 42.3 Å². The van der Waals surface area contributed by atoms with Gasteiger partial charge >= 0.3 is 5.69 Å². The third-order valence-corrected chi connectivity index (χ3v) is 4.73. The molecule has 0 N–H and O–H groups in total. The summed E-state index contributed by atoms with van der Waals surface area (Å²) in [5.74, 6) is -0.0884. The molecule has 9 nitrogen and oxygen atoms in total. The maximum absolute atomic E-state index is 12.6. The summed E-state index contributed by atoms with van der Waals surface area (Å²) in [5, 5.41) is 19.5. The van der Waals surface area contributed by atoms with Crippen LogP contribution in [0.4, 0.5) is 5.69 Å². The smallest absolute Gasteiger partial charge is 0.312 e. The van der Waals surface area contributed by atoms with Crippen LogP contribution in [0.5, 0.6) is 0 Å². The molecule has 2 aromatic heterocycles. The molecule has 3 rings (SSSR count). The van der Waals surface area contributed by atoms with Gasteiger partial charge in [0.15, 0.2) is 0 Å². The molecule has 3 aromatic rings. The second-order valence-corrected chi connectivity index (χ2v) is 6.74. The van der Waals surface area contributed by atoms with Crippen LogP contribution in [0.2, 0.25) is 0 Å². The minimum atomic E-state index is -0.409. The molecule has 1 amide bonds. The highest BCUT2D eigenvalue weighted by molar-refractivity contribution is 5.94. The molecule has 9 heteroatoms. The normalized spacial score (nSPS) is 10.9. The Hall–Kier alpha value is -3.49. The molecule has 0 saturated heterocycles. The number of aryl methyl sites for hydroxylation is 2. The first-order chi connectivity index (χ1) is 13.3. The molecule has 2 heterocycles. The van der Waals surface area contributed by atoms with E-state index >= 15 is 0 Å². The van der Waals surface area contributed by atoms with Crippen molar-refractivity contribution in [3.05, 3.63) is 74.9 Å². The second-order valence-electron chi connectivity index (χ2n) is 6.74. The molecule has 0 radical (unpaired) electrons. The minimum Gasteiger partial charge on any atom is -0.336 e. The summed E-state index contributed by atoms with van der Waals surface area (Å²) in [6, 6.07) is 9.08. The second kappa shape index (κ2) is 7.63. The summed E-state index contributed by atoms with van der Waals surface area (Å²) in [6.07, 6.45) is 1.70. The molecule has 0 aliphatic carbocycles. The van der Waals surface area contributed by atoms with Gasteiger partial charge in [0.25, 0.3) is 5.91 Å². The number of hydrogen-bond donors (Lipinski definition) is 0. The monoisotopic (exact) mass is 382 g/mol. The van der Waals surface area contributed by atoms with Crippen molar-refractivity contribution in [3.8, 4) is 0 Å². The lowest BCUT2D eigenvalue weighted by molar-refractivity contribution is -0.386. The molecule has 0 aliphatic rings. The summed E-state index contributed by atoms with van der Waals surface area (Å²) in [7, 11) is 3.59. The van der Waals surface area contributed by atoms with Gasteiger partial charge in [-0.15, -0.1) is 0 Å². The van der Waals surface area contributed by atoms with Gasteiger partial charge in [-0.3, -0.25) is 24.3 Å². The van der Waals surface area contributed by atoms with Gasteiger partial charge in [0.2, 0.25) is 0 Å². The zero-order valence-electron chi connectivity index (χ0n) is 16.3. The highest BCUT2D eigenvalue weighted by atomic mass is 16.6. The zero-order chi connectivity index (χ0) is 20.4. The highest BCUT2D eigenvalue weighted by Crippen LogP contribution is 2.22. The van der Waals surface area contributed by atoms with Crippen LogP contribution < -0.4 is 0 Å². The zero-order valence-corrected chi connectivity index (χ0v) is 16.3. The van der Waals surface area contributed by atoms with Crippen molar-refractivity contribution in [2.75, 3.05) is 7.05 Å². The Morgan fingerprint density at radius 3 is 2.43 bits per heavy atom. The minimum absolute atomic E-state index is 0.0450. The average molecular weight is 382 g/mol. The van der Waals surface area contributed by atoms with E-state index in [0.717, 1.165) is 11.3 Å². The summed E-state index contributed by atoms with van der Waals surface area (Å²) >= 11 is 0. The predicted octanol–water partition coefficient (Wildman–Crippen LogP) is 2.46. The van der Waals surface area contributed by atoms with Crippen molar-refractivity contribution in [1.29, 1.82) is 0 Å². The lowest BCUT2D eigenvalue weighted by Crippen LogP contribution is -2.27. The van der Waals surface area contributed by atoms with E-state index in [1.807, 2.05) is 25.2 Å². The third-order valence-electron chi connectivity index (χ3n) is 4.73. The van der Waals surface area contributed by atoms with E-state index in [1.165, 1.54) is 0 Å². The molecule has 0 atom stereocenters. The van der Waals surface area contributed by atoms with Crippen LogP contribution in [0.15, 0.2) is 36.5 Å². The van der Waals surface area contributed by atoms with Crippen LogP contribution in [0, 0.1) is 24.0 Å². The Kier molecular flexibility index (Phi) is 5.25. The van der Waals surface area contributed by atoms with Crippen molar-refractivity contribution >= 4 is 11.6 Å². The van der Waals surface area contributed by atoms with Gasteiger partial charge in [-0.1, -0.05) is 12.1 Å². The van der Waals surface area contributed by atoms with E-state index in [1.54, 1.807) is 53.5 Å². The van der Waals surface area contributed by atoms with Gasteiger partial charge in [-0.2, -0.15) is 10.2 Å². The average Bonchev–Trinajstić information content (AvgIpc) is 3.17. The number of benzene rings is 1. The first-order valence-corrected chi connectivity index (χ1v) is 8.77. The van der Waals surface area contributed by atoms with Crippen LogP contribution in [0.1, 0.15) is 33.0 Å². The fourth-order valence-electron chi connectivity index (χ4n) is 3.12. The standard InChI is InChI=1S/C19H22N6O3/c1-13-18(25(27)28)14(2)24(21-13)11-15-5-7-16(8-6-15)19(26)22(3)12-17-9-10-20-23(17)4/h5-10H,11-12H2,1-4H3. The maximum Gasteiger partial charge on any atom is 0.312 e. The molecule has 0 spiro atoms. The quantitative estimate of drug-likeness (QED) is 0.482. The van der Waals surface area contributed by atoms with E-state index in [2.05, 4.69) is 10.2 Å². The summed E-state index contributed by atoms with van der Waals surface area (Å²) in [5.41, 5.74) is 3.38. The largest absolute Gasteiger partial charge is 0.336 e. The van der Waals surface area contributed by atoms with Crippen LogP contribution in [0.3, 0.4) is 0 Å². The molecule has 1 aromatic carbocycles. The molecule has 0 aliphatic heterocycles. The van der Waals surface area contributed by atoms with Gasteiger partial charge in [0.1, 0.15) is 11.4 Å². The molecule has 146 valence electrons. The molecular formula is C19H22N6O3. The number of amides is 1. The van der Waals surface area contributed by atoms with Gasteiger partial charge in [0.05, 0.1) is 23.7 Å². The SMILES string of the molecule is Cc1nn(Cc2ccc(C(=O)N(C)Cc3ccnn3C)cc2)c(C)c1[N+](=O)[O-]. The molecule has 0 fully saturated rings. The summed E-state index contributed by atoms with van der Waals surface area (Å²) in [4.78, 5) is 25.0. The summed E-state index contributed by atoms with van der Waals surface area (Å²) < 4.78 is 3.35. The number of carbonyl (C=O) groups is 1. The Balaban J connectivity index is 1.71. The molecule has 0 saturated carbocycles. The lowest BCUT2D eigenvalue weighted by Gasteiger charge is -2.17. The maximum atomic E-state index is 12.6. The number of aromatic nitrogens is 4. The number of hydrogen-bond acceptors (Lipinski definition) is 5. The Morgan fingerprint density at radius 1 is 1.21 bits per heavy atom. The molecule has 0 unspecified atom stereocenters. The van der Waals surface area contributed by atoms with E-state index in [9.17, 15) is 14.9 Å². The van der Waals surface area contributed by atoms with Crippen molar-refractivity contribution in [2.45, 2.75) is 26.9 Å². The van der Waals surface area contributed by atoms with Crippen molar-refractivity contribution in [3.63, 3.8) is 0 Å². The van der Waals surface area contributed by atoms with E-state index in [-0.39, 0.29) is 11.6 Å². The topological polar surface area (TPSA) is 99.1 Å². The number of rotatable bonds is 6. The lowest BCUT2D eigenvalue weighted by atomic mass is 10.1. The van der Waals surface area contributed by atoms with Crippen molar-refractivity contribution in [1.82, 2.24) is 24.5 Å². The summed E-state index contributed by atoms with van der Waals surface area (Å²) in [6.45, 7) is 4.18. The molecule has 28 heavy (non-hydrogen) atoms. The van der Waals surface area contributed by atoms with Crippen molar-refractivity contribution in [2.24, 2.45) is 7.05 Å². The van der Waals surface area contributed by atoms with Crippen LogP contribution >= 0.6 is 0 Å². The number of nitrogens with zero attached hydrogens (tertiary/aromatic N) is 6. The Bertz CT molecular complexity index is 1020. The Labute approximate surface area is 162 Å². The van der Waals surface area contributed by atoms with Gasteiger partial charge in [0, 0.05) is 25.9 Å². The molecule has 0 bridgehead atoms.